The summed E-state index contributed by atoms with van der Waals surface area (Å²) in [6, 6.07) is 1.59. The second-order valence-corrected chi connectivity index (χ2v) is 2.95. The van der Waals surface area contributed by atoms with Crippen molar-refractivity contribution in [1.29, 1.82) is 0 Å². The van der Waals surface area contributed by atoms with E-state index < -0.39 is 0 Å². The van der Waals surface area contributed by atoms with Gasteiger partial charge in [-0.2, -0.15) is 0 Å². The van der Waals surface area contributed by atoms with Gasteiger partial charge in [-0.15, -0.1) is 12.4 Å². The van der Waals surface area contributed by atoms with Crippen molar-refractivity contribution >= 4 is 34.0 Å². The SMILES string of the molecule is Cl.Cn1cc(Br)cc(N)c1=O. The van der Waals surface area contributed by atoms with E-state index in [1.54, 1.807) is 19.3 Å². The molecule has 0 aliphatic heterocycles. The van der Waals surface area contributed by atoms with E-state index >= 15 is 0 Å². The highest BCUT2D eigenvalue weighted by atomic mass is 79.9. The fourth-order valence-electron chi connectivity index (χ4n) is 0.695. The van der Waals surface area contributed by atoms with Crippen LogP contribution in [-0.2, 0) is 7.05 Å². The zero-order chi connectivity index (χ0) is 7.72. The van der Waals surface area contributed by atoms with Crippen molar-refractivity contribution in [3.63, 3.8) is 0 Å². The highest BCUT2D eigenvalue weighted by Gasteiger charge is 1.96. The number of rotatable bonds is 0. The number of anilines is 1. The lowest BCUT2D eigenvalue weighted by molar-refractivity contribution is 0.859. The lowest BCUT2D eigenvalue weighted by Crippen LogP contribution is -2.19. The topological polar surface area (TPSA) is 48.0 Å². The van der Waals surface area contributed by atoms with Gasteiger partial charge in [0.15, 0.2) is 0 Å². The van der Waals surface area contributed by atoms with Crippen LogP contribution in [0.1, 0.15) is 0 Å². The summed E-state index contributed by atoms with van der Waals surface area (Å²) in [7, 11) is 1.66. The first-order chi connectivity index (χ1) is 4.61. The van der Waals surface area contributed by atoms with Crippen LogP contribution in [0.25, 0.3) is 0 Å². The third-order valence-electron chi connectivity index (χ3n) is 1.18. The van der Waals surface area contributed by atoms with Crippen molar-refractivity contribution in [2.45, 2.75) is 0 Å². The minimum absolute atomic E-state index is 0. The number of halogens is 2. The molecule has 0 aliphatic carbocycles. The summed E-state index contributed by atoms with van der Waals surface area (Å²) >= 11 is 3.21. The molecule has 1 rings (SSSR count). The number of aryl methyl sites for hydroxylation is 1. The average molecular weight is 240 g/mol. The molecule has 0 spiro atoms. The van der Waals surface area contributed by atoms with Crippen LogP contribution in [0.2, 0.25) is 0 Å². The Kier molecular flexibility index (Phi) is 3.62. The molecule has 0 fully saturated rings. The second kappa shape index (κ2) is 3.78. The van der Waals surface area contributed by atoms with Crippen LogP contribution in [0.3, 0.4) is 0 Å². The standard InChI is InChI=1S/C6H7BrN2O.ClH/c1-9-3-4(7)2-5(8)6(9)10;/h2-3H,8H2,1H3;1H. The van der Waals surface area contributed by atoms with Crippen LogP contribution >= 0.6 is 28.3 Å². The first kappa shape index (κ1) is 10.5. The van der Waals surface area contributed by atoms with Gasteiger partial charge in [-0.1, -0.05) is 0 Å². The maximum absolute atomic E-state index is 10.9. The summed E-state index contributed by atoms with van der Waals surface area (Å²) in [6.07, 6.45) is 1.67. The van der Waals surface area contributed by atoms with Crippen molar-refractivity contribution in [3.05, 3.63) is 27.1 Å². The lowest BCUT2D eigenvalue weighted by atomic mass is 10.4. The Morgan fingerprint density at radius 1 is 1.64 bits per heavy atom. The van der Waals surface area contributed by atoms with E-state index in [1.807, 2.05) is 0 Å². The maximum atomic E-state index is 10.9. The van der Waals surface area contributed by atoms with Crippen molar-refractivity contribution in [2.24, 2.45) is 7.05 Å². The molecule has 0 saturated heterocycles. The molecule has 1 heterocycles. The smallest absolute Gasteiger partial charge is 0.273 e. The quantitative estimate of drug-likeness (QED) is 0.738. The molecule has 0 radical (unpaired) electrons. The predicted octanol–water partition coefficient (Wildman–Crippen LogP) is 1.15. The molecule has 3 nitrogen and oxygen atoms in total. The lowest BCUT2D eigenvalue weighted by Gasteiger charge is -1.98. The van der Waals surface area contributed by atoms with Gasteiger partial charge in [-0.3, -0.25) is 4.79 Å². The van der Waals surface area contributed by atoms with E-state index in [9.17, 15) is 4.79 Å². The number of hydrogen-bond donors (Lipinski definition) is 1. The van der Waals surface area contributed by atoms with Gasteiger partial charge in [0.2, 0.25) is 0 Å². The molecular formula is C6H8BrClN2O. The molecule has 0 unspecified atom stereocenters. The molecule has 0 atom stereocenters. The Balaban J connectivity index is 0.000001000. The number of aromatic nitrogens is 1. The van der Waals surface area contributed by atoms with Gasteiger partial charge in [-0.05, 0) is 22.0 Å². The van der Waals surface area contributed by atoms with Gasteiger partial charge < -0.3 is 10.3 Å². The van der Waals surface area contributed by atoms with Gasteiger partial charge in [0.1, 0.15) is 0 Å². The number of hydrogen-bond acceptors (Lipinski definition) is 2. The van der Waals surface area contributed by atoms with E-state index in [4.69, 9.17) is 5.73 Å². The van der Waals surface area contributed by atoms with Gasteiger partial charge in [-0.25, -0.2) is 0 Å². The summed E-state index contributed by atoms with van der Waals surface area (Å²) < 4.78 is 2.24. The van der Waals surface area contributed by atoms with E-state index in [-0.39, 0.29) is 23.7 Å². The summed E-state index contributed by atoms with van der Waals surface area (Å²) in [6.45, 7) is 0. The van der Waals surface area contributed by atoms with Gasteiger partial charge in [0.25, 0.3) is 5.56 Å². The maximum Gasteiger partial charge on any atom is 0.273 e. The van der Waals surface area contributed by atoms with Gasteiger partial charge >= 0.3 is 0 Å². The minimum atomic E-state index is -0.164. The van der Waals surface area contributed by atoms with Gasteiger partial charge in [0.05, 0.1) is 5.69 Å². The fraction of sp³-hybridized carbons (Fsp3) is 0.167. The normalized spacial score (nSPS) is 8.91. The average Bonchev–Trinajstić information content (AvgIpc) is 1.82. The number of pyridine rings is 1. The largest absolute Gasteiger partial charge is 0.394 e. The van der Waals surface area contributed by atoms with Crippen LogP contribution in [0.15, 0.2) is 21.5 Å². The first-order valence-electron chi connectivity index (χ1n) is 2.73. The third kappa shape index (κ3) is 2.24. The van der Waals surface area contributed by atoms with E-state index in [0.717, 1.165) is 4.47 Å². The molecule has 11 heavy (non-hydrogen) atoms. The van der Waals surface area contributed by atoms with Crippen LogP contribution < -0.4 is 11.3 Å². The Hall–Kier alpha value is -0.480. The molecule has 1 aromatic rings. The molecule has 0 aromatic carbocycles. The Labute approximate surface area is 78.7 Å². The molecule has 1 aromatic heterocycles. The summed E-state index contributed by atoms with van der Waals surface area (Å²) in [4.78, 5) is 10.9. The monoisotopic (exact) mass is 238 g/mol. The Morgan fingerprint density at radius 2 is 2.18 bits per heavy atom. The van der Waals surface area contributed by atoms with Gasteiger partial charge in [0, 0.05) is 17.7 Å². The van der Waals surface area contributed by atoms with Crippen LogP contribution in [0.5, 0.6) is 0 Å². The molecule has 0 aliphatic rings. The summed E-state index contributed by atoms with van der Waals surface area (Å²) in [5.41, 5.74) is 5.46. The molecule has 5 heteroatoms. The van der Waals surface area contributed by atoms with E-state index in [0.29, 0.717) is 0 Å². The fourth-order valence-corrected chi connectivity index (χ4v) is 1.25. The zero-order valence-corrected chi connectivity index (χ0v) is 8.28. The third-order valence-corrected chi connectivity index (χ3v) is 1.61. The molecule has 0 saturated carbocycles. The molecule has 2 N–H and O–H groups in total. The number of nitrogens with zero attached hydrogens (tertiary/aromatic N) is 1. The Morgan fingerprint density at radius 3 is 2.64 bits per heavy atom. The highest BCUT2D eigenvalue weighted by molar-refractivity contribution is 9.10. The summed E-state index contributed by atoms with van der Waals surface area (Å²) in [5, 5.41) is 0. The van der Waals surface area contributed by atoms with E-state index in [2.05, 4.69) is 15.9 Å². The molecule has 0 bridgehead atoms. The van der Waals surface area contributed by atoms with Crippen LogP contribution in [0.4, 0.5) is 5.69 Å². The van der Waals surface area contributed by atoms with Crippen molar-refractivity contribution in [1.82, 2.24) is 4.57 Å². The molecule has 62 valence electrons. The van der Waals surface area contributed by atoms with Crippen molar-refractivity contribution in [2.75, 3.05) is 5.73 Å². The van der Waals surface area contributed by atoms with Crippen LogP contribution in [-0.4, -0.2) is 4.57 Å². The first-order valence-corrected chi connectivity index (χ1v) is 3.52. The predicted molar refractivity (Wildman–Crippen MR) is 51.0 cm³/mol. The van der Waals surface area contributed by atoms with Crippen LogP contribution in [0, 0.1) is 0 Å². The highest BCUT2D eigenvalue weighted by Crippen LogP contribution is 2.08. The molecular weight excluding hydrogens is 231 g/mol. The number of nitrogen functional groups attached to an aromatic ring is 1. The van der Waals surface area contributed by atoms with Crippen molar-refractivity contribution in [3.8, 4) is 0 Å². The minimum Gasteiger partial charge on any atom is -0.394 e. The Bertz CT molecular complexity index is 284. The second-order valence-electron chi connectivity index (χ2n) is 2.03. The summed E-state index contributed by atoms with van der Waals surface area (Å²) in [5.74, 6) is 0. The number of nitrogens with two attached hydrogens (primary N) is 1. The van der Waals surface area contributed by atoms with E-state index in [1.165, 1.54) is 4.57 Å². The molecule has 0 amide bonds. The van der Waals surface area contributed by atoms with Crippen molar-refractivity contribution < 1.29 is 0 Å². The zero-order valence-electron chi connectivity index (χ0n) is 5.87.